The largest absolute Gasteiger partial charge is 0.395 e. The summed E-state index contributed by atoms with van der Waals surface area (Å²) in [4.78, 5) is 14.1. The molecule has 0 bridgehead atoms. The van der Waals surface area contributed by atoms with E-state index >= 15 is 0 Å². The number of aromatic nitrogens is 4. The van der Waals surface area contributed by atoms with Crippen molar-refractivity contribution < 1.29 is 9.84 Å². The lowest BCUT2D eigenvalue weighted by Gasteiger charge is -2.34. The molecule has 5 rings (SSSR count). The molecule has 33 heavy (non-hydrogen) atoms. The van der Waals surface area contributed by atoms with Crippen molar-refractivity contribution in [3.63, 3.8) is 0 Å². The number of β-amino-alcohol motifs (C(OH)–C–C–N with tert-alkyl or cyclic N) is 1. The maximum atomic E-state index is 9.24. The van der Waals surface area contributed by atoms with Gasteiger partial charge >= 0.3 is 0 Å². The quantitative estimate of drug-likeness (QED) is 0.640. The van der Waals surface area contributed by atoms with Crippen molar-refractivity contribution in [3.8, 4) is 5.82 Å². The summed E-state index contributed by atoms with van der Waals surface area (Å²) >= 11 is 0. The molecule has 1 N–H and O–H groups in total. The van der Waals surface area contributed by atoms with Crippen molar-refractivity contribution in [1.29, 1.82) is 0 Å². The first-order valence-electron chi connectivity index (χ1n) is 12.1. The molecular formula is C25H34N6O2. The van der Waals surface area contributed by atoms with Crippen LogP contribution in [0.4, 0.5) is 5.82 Å². The predicted octanol–water partition coefficient (Wildman–Crippen LogP) is 2.83. The summed E-state index contributed by atoms with van der Waals surface area (Å²) in [6.07, 6.45) is 4.17. The average Bonchev–Trinajstić information content (AvgIpc) is 3.22. The fourth-order valence-corrected chi connectivity index (χ4v) is 5.30. The summed E-state index contributed by atoms with van der Waals surface area (Å²) in [6.45, 7) is 11.7. The van der Waals surface area contributed by atoms with Gasteiger partial charge in [-0.2, -0.15) is 5.10 Å². The summed E-state index contributed by atoms with van der Waals surface area (Å²) in [7, 11) is 0. The Hall–Kier alpha value is -2.55. The molecule has 0 spiro atoms. The molecular weight excluding hydrogens is 416 g/mol. The maximum Gasteiger partial charge on any atom is 0.159 e. The number of ether oxygens (including phenoxy) is 1. The van der Waals surface area contributed by atoms with Gasteiger partial charge in [0.15, 0.2) is 5.82 Å². The van der Waals surface area contributed by atoms with Crippen molar-refractivity contribution in [2.75, 3.05) is 50.9 Å². The molecule has 0 saturated carbocycles. The Bertz CT molecular complexity index is 1120. The van der Waals surface area contributed by atoms with Crippen molar-refractivity contribution in [2.45, 2.75) is 45.6 Å². The standard InChI is InChI=1S/C25H34N6O2/c1-17-12-21-15-26-31(23(21)13-22(17)20-4-6-29(7-5-20)8-10-32)25-14-24(27-19(3)28-25)30-9-11-33-16-18(30)2/h12-15,18,20,32H,4-11,16H2,1-3H3/t18-/m1/s1. The SMILES string of the molecule is Cc1nc(N2CCOC[C@H]2C)cc(-n2ncc3cc(C)c(C4CCN(CCO)CC4)cc32)n1. The molecule has 1 atom stereocenters. The summed E-state index contributed by atoms with van der Waals surface area (Å²) in [5.41, 5.74) is 3.82. The van der Waals surface area contributed by atoms with Crippen molar-refractivity contribution in [3.05, 3.63) is 41.3 Å². The number of nitrogens with zero attached hydrogens (tertiary/aromatic N) is 6. The van der Waals surface area contributed by atoms with Gasteiger partial charge in [-0.15, -0.1) is 0 Å². The van der Waals surface area contributed by atoms with Crippen LogP contribution in [0.15, 0.2) is 24.4 Å². The number of hydrogen-bond acceptors (Lipinski definition) is 7. The van der Waals surface area contributed by atoms with Crippen LogP contribution in [0.1, 0.15) is 42.6 Å². The number of aryl methyl sites for hydroxylation is 2. The Morgan fingerprint density at radius 2 is 1.85 bits per heavy atom. The van der Waals surface area contributed by atoms with Crippen molar-refractivity contribution in [2.24, 2.45) is 0 Å². The minimum Gasteiger partial charge on any atom is -0.395 e. The van der Waals surface area contributed by atoms with Gasteiger partial charge in [0.25, 0.3) is 0 Å². The van der Waals surface area contributed by atoms with Crippen LogP contribution in [0.25, 0.3) is 16.7 Å². The summed E-state index contributed by atoms with van der Waals surface area (Å²) in [5, 5.41) is 15.1. The highest BCUT2D eigenvalue weighted by molar-refractivity contribution is 5.82. The highest BCUT2D eigenvalue weighted by atomic mass is 16.5. The minimum absolute atomic E-state index is 0.235. The zero-order valence-electron chi connectivity index (χ0n) is 19.9. The van der Waals surface area contributed by atoms with Crippen LogP contribution in [0, 0.1) is 13.8 Å². The molecule has 2 aromatic heterocycles. The Balaban J connectivity index is 1.49. The zero-order chi connectivity index (χ0) is 22.9. The molecule has 2 saturated heterocycles. The van der Waals surface area contributed by atoms with Gasteiger partial charge in [0.1, 0.15) is 11.6 Å². The van der Waals surface area contributed by atoms with Gasteiger partial charge in [-0.05, 0) is 75.9 Å². The van der Waals surface area contributed by atoms with Gasteiger partial charge in [-0.1, -0.05) is 0 Å². The van der Waals surface area contributed by atoms with E-state index in [0.29, 0.717) is 19.1 Å². The smallest absolute Gasteiger partial charge is 0.159 e. The number of piperidine rings is 1. The van der Waals surface area contributed by atoms with E-state index in [1.54, 1.807) is 0 Å². The van der Waals surface area contributed by atoms with E-state index in [4.69, 9.17) is 19.8 Å². The summed E-state index contributed by atoms with van der Waals surface area (Å²) in [5.74, 6) is 3.01. The van der Waals surface area contributed by atoms with E-state index in [9.17, 15) is 5.11 Å². The van der Waals surface area contributed by atoms with Crippen LogP contribution >= 0.6 is 0 Å². The maximum absolute atomic E-state index is 9.24. The van der Waals surface area contributed by atoms with E-state index in [-0.39, 0.29) is 12.6 Å². The van der Waals surface area contributed by atoms with Crippen LogP contribution in [0.5, 0.6) is 0 Å². The third-order valence-electron chi connectivity index (χ3n) is 7.09. The molecule has 2 fully saturated rings. The van der Waals surface area contributed by atoms with E-state index in [0.717, 1.165) is 67.4 Å². The molecule has 0 radical (unpaired) electrons. The lowest BCUT2D eigenvalue weighted by Crippen LogP contribution is -2.44. The van der Waals surface area contributed by atoms with E-state index < -0.39 is 0 Å². The Morgan fingerprint density at radius 1 is 1.06 bits per heavy atom. The van der Waals surface area contributed by atoms with Crippen molar-refractivity contribution in [1.82, 2.24) is 24.6 Å². The topological polar surface area (TPSA) is 79.5 Å². The predicted molar refractivity (Wildman–Crippen MR) is 129 cm³/mol. The Labute approximate surface area is 195 Å². The van der Waals surface area contributed by atoms with Gasteiger partial charge in [0.2, 0.25) is 0 Å². The molecule has 2 aliphatic heterocycles. The first-order valence-corrected chi connectivity index (χ1v) is 12.1. The summed E-state index contributed by atoms with van der Waals surface area (Å²) in [6, 6.07) is 6.90. The van der Waals surface area contributed by atoms with Crippen LogP contribution in [-0.4, -0.2) is 81.8 Å². The molecule has 8 heteroatoms. The number of morpholine rings is 1. The number of fused-ring (bicyclic) bond motifs is 1. The molecule has 176 valence electrons. The van der Waals surface area contributed by atoms with Crippen molar-refractivity contribution >= 4 is 16.7 Å². The number of likely N-dealkylation sites (tertiary alicyclic amines) is 1. The number of rotatable bonds is 5. The highest BCUT2D eigenvalue weighted by Gasteiger charge is 2.24. The van der Waals surface area contributed by atoms with Crippen LogP contribution in [0.3, 0.4) is 0 Å². The number of anilines is 1. The lowest BCUT2D eigenvalue weighted by atomic mass is 9.86. The third-order valence-corrected chi connectivity index (χ3v) is 7.09. The monoisotopic (exact) mass is 450 g/mol. The second-order valence-corrected chi connectivity index (χ2v) is 9.41. The molecule has 0 aliphatic carbocycles. The van der Waals surface area contributed by atoms with Gasteiger partial charge in [0.05, 0.1) is 37.6 Å². The normalized spacial score (nSPS) is 20.6. The van der Waals surface area contributed by atoms with Gasteiger partial charge < -0.3 is 19.6 Å². The second-order valence-electron chi connectivity index (χ2n) is 9.41. The van der Waals surface area contributed by atoms with Gasteiger partial charge in [-0.3, -0.25) is 0 Å². The average molecular weight is 451 g/mol. The zero-order valence-corrected chi connectivity index (χ0v) is 19.9. The molecule has 8 nitrogen and oxygen atoms in total. The van der Waals surface area contributed by atoms with E-state index in [1.165, 1.54) is 11.1 Å². The molecule has 2 aliphatic rings. The fraction of sp³-hybridized carbons (Fsp3) is 0.560. The second kappa shape index (κ2) is 9.37. The summed E-state index contributed by atoms with van der Waals surface area (Å²) < 4.78 is 7.57. The van der Waals surface area contributed by atoms with E-state index in [2.05, 4.69) is 35.8 Å². The van der Waals surface area contributed by atoms with Gasteiger partial charge in [-0.25, -0.2) is 14.6 Å². The molecule has 1 aromatic carbocycles. The van der Waals surface area contributed by atoms with Crippen LogP contribution < -0.4 is 4.90 Å². The number of benzene rings is 1. The number of aliphatic hydroxyl groups is 1. The van der Waals surface area contributed by atoms with E-state index in [1.807, 2.05) is 23.9 Å². The molecule has 4 heterocycles. The fourth-order valence-electron chi connectivity index (χ4n) is 5.30. The van der Waals surface area contributed by atoms with Crippen LogP contribution in [-0.2, 0) is 4.74 Å². The number of aliphatic hydroxyl groups excluding tert-OH is 1. The first kappa shape index (κ1) is 22.3. The molecule has 3 aromatic rings. The third kappa shape index (κ3) is 4.47. The highest BCUT2D eigenvalue weighted by Crippen LogP contribution is 2.33. The Kier molecular flexibility index (Phi) is 6.32. The molecule has 0 unspecified atom stereocenters. The van der Waals surface area contributed by atoms with Crippen LogP contribution in [0.2, 0.25) is 0 Å². The Morgan fingerprint density at radius 3 is 2.61 bits per heavy atom. The molecule has 0 amide bonds. The van der Waals surface area contributed by atoms with Gasteiger partial charge in [0, 0.05) is 24.5 Å². The minimum atomic E-state index is 0.235. The lowest BCUT2D eigenvalue weighted by molar-refractivity contribution is 0.0985. The first-order chi connectivity index (χ1) is 16.0. The number of hydrogen-bond donors (Lipinski definition) is 1.